The molecule has 1 heterocycles. The highest BCUT2D eigenvalue weighted by molar-refractivity contribution is 6.07. The largest absolute Gasteiger partial charge is 0.345 e. The molecule has 3 nitrogen and oxygen atoms in total. The predicted molar refractivity (Wildman–Crippen MR) is 114 cm³/mol. The van der Waals surface area contributed by atoms with Gasteiger partial charge in [0, 0.05) is 10.9 Å². The second-order valence-corrected chi connectivity index (χ2v) is 7.05. The van der Waals surface area contributed by atoms with Gasteiger partial charge in [-0.1, -0.05) is 72.3 Å². The highest BCUT2D eigenvalue weighted by Crippen LogP contribution is 2.26. The number of benzene rings is 3. The Labute approximate surface area is 165 Å². The molecule has 0 aliphatic carbocycles. The normalized spacial score (nSPS) is 11.9. The summed E-state index contributed by atoms with van der Waals surface area (Å²) in [5.74, 6) is -0.0912. The van der Waals surface area contributed by atoms with Crippen molar-refractivity contribution in [2.75, 3.05) is 0 Å². The van der Waals surface area contributed by atoms with Crippen LogP contribution in [0.2, 0.25) is 0 Å². The van der Waals surface area contributed by atoms with E-state index in [0.717, 1.165) is 33.3 Å². The van der Waals surface area contributed by atoms with Crippen molar-refractivity contribution in [2.45, 2.75) is 19.9 Å². The van der Waals surface area contributed by atoms with Crippen LogP contribution in [0.4, 0.5) is 0 Å². The first-order chi connectivity index (χ1) is 13.6. The van der Waals surface area contributed by atoms with Gasteiger partial charge in [0.2, 0.25) is 0 Å². The fourth-order valence-corrected chi connectivity index (χ4v) is 3.38. The van der Waals surface area contributed by atoms with Crippen LogP contribution in [-0.2, 0) is 0 Å². The summed E-state index contributed by atoms with van der Waals surface area (Å²) in [4.78, 5) is 18.0. The van der Waals surface area contributed by atoms with Gasteiger partial charge in [0.15, 0.2) is 0 Å². The molecule has 1 unspecified atom stereocenters. The fourth-order valence-electron chi connectivity index (χ4n) is 3.38. The summed E-state index contributed by atoms with van der Waals surface area (Å²) >= 11 is 0. The summed E-state index contributed by atoms with van der Waals surface area (Å²) in [7, 11) is 0. The Hall–Kier alpha value is -3.46. The van der Waals surface area contributed by atoms with Crippen LogP contribution in [0.1, 0.15) is 34.5 Å². The van der Waals surface area contributed by atoms with Gasteiger partial charge in [0.25, 0.3) is 5.91 Å². The molecule has 0 saturated carbocycles. The number of aryl methyl sites for hydroxylation is 1. The van der Waals surface area contributed by atoms with Crippen LogP contribution >= 0.6 is 0 Å². The number of nitrogens with one attached hydrogen (secondary N) is 1. The molecule has 0 bridgehead atoms. The lowest BCUT2D eigenvalue weighted by atomic mass is 10.0. The molecular weight excluding hydrogens is 344 g/mol. The molecule has 1 atom stereocenters. The molecule has 0 radical (unpaired) electrons. The molecule has 4 aromatic rings. The lowest BCUT2D eigenvalue weighted by molar-refractivity contribution is 0.0941. The number of nitrogens with zero attached hydrogens (tertiary/aromatic N) is 1. The third-order valence-electron chi connectivity index (χ3n) is 4.93. The summed E-state index contributed by atoms with van der Waals surface area (Å²) in [6.45, 7) is 4.03. The van der Waals surface area contributed by atoms with Gasteiger partial charge in [-0.05, 0) is 37.6 Å². The number of hydrogen-bond donors (Lipinski definition) is 1. The molecule has 3 aromatic carbocycles. The first-order valence-electron chi connectivity index (χ1n) is 9.44. The van der Waals surface area contributed by atoms with Gasteiger partial charge in [-0.2, -0.15) is 0 Å². The number of aromatic nitrogens is 1. The standard InChI is InChI=1S/C25H22N2O/c1-17-13-14-23-21(15-17)22(16-24(27-23)20-11-7-4-8-12-20)25(28)26-18(2)19-9-5-3-6-10-19/h3-16,18H,1-2H3,(H,26,28). The topological polar surface area (TPSA) is 42.0 Å². The zero-order valence-electron chi connectivity index (χ0n) is 16.0. The van der Waals surface area contributed by atoms with Crippen LogP contribution in [0.3, 0.4) is 0 Å². The fraction of sp³-hybridized carbons (Fsp3) is 0.120. The van der Waals surface area contributed by atoms with Gasteiger partial charge in [-0.25, -0.2) is 4.98 Å². The van der Waals surface area contributed by atoms with Gasteiger partial charge in [0.1, 0.15) is 0 Å². The monoisotopic (exact) mass is 366 g/mol. The first-order valence-corrected chi connectivity index (χ1v) is 9.44. The third kappa shape index (κ3) is 3.65. The Kier molecular flexibility index (Phi) is 4.90. The van der Waals surface area contributed by atoms with Gasteiger partial charge < -0.3 is 5.32 Å². The smallest absolute Gasteiger partial charge is 0.252 e. The van der Waals surface area contributed by atoms with Crippen molar-refractivity contribution in [3.63, 3.8) is 0 Å². The first kappa shape index (κ1) is 17.9. The average Bonchev–Trinajstić information content (AvgIpc) is 2.74. The van der Waals surface area contributed by atoms with Crippen LogP contribution < -0.4 is 5.32 Å². The van der Waals surface area contributed by atoms with E-state index in [9.17, 15) is 4.79 Å². The van der Waals surface area contributed by atoms with E-state index in [1.807, 2.05) is 98.8 Å². The van der Waals surface area contributed by atoms with Gasteiger partial charge in [-0.3, -0.25) is 4.79 Å². The van der Waals surface area contributed by atoms with E-state index in [2.05, 4.69) is 5.32 Å². The van der Waals surface area contributed by atoms with Crippen molar-refractivity contribution >= 4 is 16.8 Å². The SMILES string of the molecule is Cc1ccc2nc(-c3ccccc3)cc(C(=O)NC(C)c3ccccc3)c2c1. The summed E-state index contributed by atoms with van der Waals surface area (Å²) < 4.78 is 0. The molecule has 1 aromatic heterocycles. The van der Waals surface area contributed by atoms with E-state index in [4.69, 9.17) is 4.98 Å². The summed E-state index contributed by atoms with van der Waals surface area (Å²) in [5, 5.41) is 4.01. The van der Waals surface area contributed by atoms with E-state index < -0.39 is 0 Å². The van der Waals surface area contributed by atoms with Crippen LogP contribution in [0.15, 0.2) is 84.9 Å². The Balaban J connectivity index is 1.77. The summed E-state index contributed by atoms with van der Waals surface area (Å²) in [6, 6.07) is 27.8. The quantitative estimate of drug-likeness (QED) is 0.503. The van der Waals surface area contributed by atoms with Crippen LogP contribution in [0, 0.1) is 6.92 Å². The molecule has 0 aliphatic rings. The second kappa shape index (κ2) is 7.65. The van der Waals surface area contributed by atoms with Crippen molar-refractivity contribution < 1.29 is 4.79 Å². The number of fused-ring (bicyclic) bond motifs is 1. The highest BCUT2D eigenvalue weighted by atomic mass is 16.1. The number of pyridine rings is 1. The average molecular weight is 366 g/mol. The van der Waals surface area contributed by atoms with Crippen molar-refractivity contribution in [2.24, 2.45) is 0 Å². The third-order valence-corrected chi connectivity index (χ3v) is 4.93. The number of carbonyl (C=O) groups excluding carboxylic acids is 1. The van der Waals surface area contributed by atoms with E-state index in [-0.39, 0.29) is 11.9 Å². The molecule has 28 heavy (non-hydrogen) atoms. The molecule has 1 amide bonds. The van der Waals surface area contributed by atoms with E-state index >= 15 is 0 Å². The summed E-state index contributed by atoms with van der Waals surface area (Å²) in [6.07, 6.45) is 0. The van der Waals surface area contributed by atoms with Gasteiger partial charge in [-0.15, -0.1) is 0 Å². The molecule has 0 fully saturated rings. The van der Waals surface area contributed by atoms with Crippen LogP contribution in [0.5, 0.6) is 0 Å². The molecule has 0 saturated heterocycles. The zero-order valence-corrected chi connectivity index (χ0v) is 16.0. The lowest BCUT2D eigenvalue weighted by Gasteiger charge is -2.16. The molecule has 1 N–H and O–H groups in total. The number of rotatable bonds is 4. The number of amides is 1. The lowest BCUT2D eigenvalue weighted by Crippen LogP contribution is -2.27. The summed E-state index contributed by atoms with van der Waals surface area (Å²) in [5.41, 5.74) is 5.45. The van der Waals surface area contributed by atoms with Gasteiger partial charge in [0.05, 0.1) is 22.8 Å². The maximum atomic E-state index is 13.2. The second-order valence-electron chi connectivity index (χ2n) is 7.05. The zero-order chi connectivity index (χ0) is 19.5. The minimum absolute atomic E-state index is 0.0816. The predicted octanol–water partition coefficient (Wildman–Crippen LogP) is 5.70. The van der Waals surface area contributed by atoms with Crippen molar-refractivity contribution in [1.29, 1.82) is 0 Å². The number of carbonyl (C=O) groups is 1. The molecule has 138 valence electrons. The minimum Gasteiger partial charge on any atom is -0.345 e. The van der Waals surface area contributed by atoms with Gasteiger partial charge >= 0.3 is 0 Å². The van der Waals surface area contributed by atoms with Crippen LogP contribution in [0.25, 0.3) is 22.2 Å². The van der Waals surface area contributed by atoms with Crippen LogP contribution in [-0.4, -0.2) is 10.9 Å². The molecule has 3 heteroatoms. The van der Waals surface area contributed by atoms with Crippen molar-refractivity contribution in [1.82, 2.24) is 10.3 Å². The Morgan fingerprint density at radius 1 is 0.893 bits per heavy atom. The maximum Gasteiger partial charge on any atom is 0.252 e. The van der Waals surface area contributed by atoms with Crippen molar-refractivity contribution in [3.8, 4) is 11.3 Å². The maximum absolute atomic E-state index is 13.2. The van der Waals surface area contributed by atoms with E-state index in [1.54, 1.807) is 0 Å². The Morgan fingerprint density at radius 3 is 2.29 bits per heavy atom. The van der Waals surface area contributed by atoms with E-state index in [1.165, 1.54) is 0 Å². The Bertz CT molecular complexity index is 1120. The number of hydrogen-bond acceptors (Lipinski definition) is 2. The minimum atomic E-state index is -0.0912. The molecule has 0 aliphatic heterocycles. The highest BCUT2D eigenvalue weighted by Gasteiger charge is 2.16. The molecule has 0 spiro atoms. The van der Waals surface area contributed by atoms with E-state index in [0.29, 0.717) is 5.56 Å². The Morgan fingerprint density at radius 2 is 1.57 bits per heavy atom. The molecular formula is C25H22N2O. The van der Waals surface area contributed by atoms with Crippen molar-refractivity contribution in [3.05, 3.63) is 102 Å². The molecule has 4 rings (SSSR count).